The van der Waals surface area contributed by atoms with E-state index in [-0.39, 0.29) is 18.1 Å². The minimum absolute atomic E-state index is 0.0572. The van der Waals surface area contributed by atoms with Crippen LogP contribution >= 0.6 is 0 Å². The molecule has 2 aromatic heterocycles. The minimum Gasteiger partial charge on any atom is -0.337 e. The van der Waals surface area contributed by atoms with Gasteiger partial charge in [0.1, 0.15) is 5.69 Å². The molecule has 7 nitrogen and oxygen atoms in total. The molecule has 0 radical (unpaired) electrons. The van der Waals surface area contributed by atoms with Crippen molar-refractivity contribution in [1.29, 1.82) is 5.26 Å². The fraction of sp³-hybridized carbons (Fsp3) is 0.414. The number of carbonyl (C=O) groups excluding carboxylic acids is 2. The fourth-order valence-electron chi connectivity index (χ4n) is 4.66. The number of rotatable bonds is 8. The van der Waals surface area contributed by atoms with Crippen LogP contribution in [0.4, 0.5) is 0 Å². The van der Waals surface area contributed by atoms with Gasteiger partial charge in [0.25, 0.3) is 5.91 Å². The highest BCUT2D eigenvalue weighted by Gasteiger charge is 2.27. The molecule has 3 heterocycles. The summed E-state index contributed by atoms with van der Waals surface area (Å²) in [6.45, 7) is 5.70. The van der Waals surface area contributed by atoms with Crippen LogP contribution in [0.3, 0.4) is 0 Å². The van der Waals surface area contributed by atoms with Crippen molar-refractivity contribution < 1.29 is 9.59 Å². The summed E-state index contributed by atoms with van der Waals surface area (Å²) >= 11 is 0. The molecule has 0 atom stereocenters. The summed E-state index contributed by atoms with van der Waals surface area (Å²) in [5.41, 5.74) is 4.51. The Labute approximate surface area is 212 Å². The fourth-order valence-corrected chi connectivity index (χ4v) is 4.66. The Bertz CT molecular complexity index is 1240. The summed E-state index contributed by atoms with van der Waals surface area (Å²) in [5.74, 6) is 0.881. The zero-order valence-corrected chi connectivity index (χ0v) is 21.3. The lowest BCUT2D eigenvalue weighted by molar-refractivity contribution is 0.0701. The van der Waals surface area contributed by atoms with Crippen LogP contribution in [-0.2, 0) is 19.9 Å². The third-order valence-corrected chi connectivity index (χ3v) is 6.91. The lowest BCUT2D eigenvalue weighted by Gasteiger charge is -2.32. The molecule has 1 aliphatic heterocycles. The Balaban J connectivity index is 1.34. The van der Waals surface area contributed by atoms with Crippen molar-refractivity contribution in [3.63, 3.8) is 0 Å². The minimum atomic E-state index is -0.0573. The number of carbonyl (C=O) groups is 2. The van der Waals surface area contributed by atoms with Crippen LogP contribution in [0.25, 0.3) is 0 Å². The van der Waals surface area contributed by atoms with Crippen molar-refractivity contribution >= 4 is 11.7 Å². The molecular weight excluding hydrogens is 450 g/mol. The molecule has 3 aromatic rings. The highest BCUT2D eigenvalue weighted by Crippen LogP contribution is 2.29. The number of benzene rings is 1. The van der Waals surface area contributed by atoms with Crippen LogP contribution < -0.4 is 0 Å². The molecule has 1 saturated heterocycles. The first-order chi connectivity index (χ1) is 17.3. The van der Waals surface area contributed by atoms with E-state index in [1.807, 2.05) is 41.3 Å². The van der Waals surface area contributed by atoms with E-state index in [0.717, 1.165) is 31.4 Å². The topological polar surface area (TPSA) is 91.9 Å². The number of hydrogen-bond acceptors (Lipinski definition) is 5. The van der Waals surface area contributed by atoms with E-state index in [9.17, 15) is 9.59 Å². The van der Waals surface area contributed by atoms with E-state index in [1.165, 1.54) is 5.56 Å². The van der Waals surface area contributed by atoms with Crippen LogP contribution in [0.5, 0.6) is 0 Å². The summed E-state index contributed by atoms with van der Waals surface area (Å²) in [6.07, 6.45) is 5.50. The maximum absolute atomic E-state index is 13.2. The Kier molecular flexibility index (Phi) is 7.94. The van der Waals surface area contributed by atoms with Crippen LogP contribution in [0.15, 0.2) is 48.7 Å². The van der Waals surface area contributed by atoms with Gasteiger partial charge in [-0.05, 0) is 73.4 Å². The van der Waals surface area contributed by atoms with Gasteiger partial charge in [-0.2, -0.15) is 10.4 Å². The number of piperidine rings is 1. The lowest BCUT2D eigenvalue weighted by atomic mass is 9.89. The number of aryl methyl sites for hydroxylation is 2. The second-order valence-electron chi connectivity index (χ2n) is 10.0. The van der Waals surface area contributed by atoms with Gasteiger partial charge in [-0.3, -0.25) is 19.3 Å². The number of amides is 1. The summed E-state index contributed by atoms with van der Waals surface area (Å²) in [5, 5.41) is 13.4. The van der Waals surface area contributed by atoms with Crippen LogP contribution in [-0.4, -0.2) is 44.4 Å². The normalized spacial score (nSPS) is 14.1. The number of likely N-dealkylation sites (tertiary alicyclic amines) is 1. The smallest absolute Gasteiger partial charge is 0.272 e. The van der Waals surface area contributed by atoms with Crippen molar-refractivity contribution in [2.45, 2.75) is 51.9 Å². The Morgan fingerprint density at radius 1 is 1.08 bits per heavy atom. The van der Waals surface area contributed by atoms with Crippen molar-refractivity contribution in [2.24, 2.45) is 13.0 Å². The van der Waals surface area contributed by atoms with Gasteiger partial charge in [-0.25, -0.2) is 0 Å². The summed E-state index contributed by atoms with van der Waals surface area (Å²) in [7, 11) is 1.75. The molecule has 1 fully saturated rings. The third-order valence-electron chi connectivity index (χ3n) is 6.91. The quantitative estimate of drug-likeness (QED) is 0.432. The van der Waals surface area contributed by atoms with Gasteiger partial charge >= 0.3 is 0 Å². The molecule has 186 valence electrons. The molecule has 4 rings (SSSR count). The predicted octanol–water partition coefficient (Wildman–Crippen LogP) is 4.72. The second kappa shape index (κ2) is 11.3. The monoisotopic (exact) mass is 483 g/mol. The van der Waals surface area contributed by atoms with Gasteiger partial charge < -0.3 is 4.90 Å². The molecule has 0 unspecified atom stereocenters. The van der Waals surface area contributed by atoms with Gasteiger partial charge in [0.2, 0.25) is 0 Å². The zero-order valence-electron chi connectivity index (χ0n) is 21.3. The standard InChI is InChI=1S/C29H33N5O2/c1-20(2)4-10-25-11-9-24(19-31-25)28(35)17-26-16-27(33(3)32-26)29(36)34-14-12-23(13-15-34)22-7-5-21(18-30)6-8-22/h5-9,11,16,19-20,23H,4,10,12-15,17H2,1-3H3. The zero-order chi connectivity index (χ0) is 25.7. The van der Waals surface area contributed by atoms with Gasteiger partial charge in [0, 0.05) is 37.6 Å². The predicted molar refractivity (Wildman–Crippen MR) is 138 cm³/mol. The Morgan fingerprint density at radius 2 is 1.81 bits per heavy atom. The molecule has 1 aliphatic rings. The first-order valence-electron chi connectivity index (χ1n) is 12.6. The molecule has 1 amide bonds. The van der Waals surface area contributed by atoms with Gasteiger partial charge in [-0.15, -0.1) is 0 Å². The highest BCUT2D eigenvalue weighted by molar-refractivity contribution is 5.97. The van der Waals surface area contributed by atoms with Crippen LogP contribution in [0, 0.1) is 17.2 Å². The average molecular weight is 484 g/mol. The summed E-state index contributed by atoms with van der Waals surface area (Å²) < 4.78 is 1.57. The third kappa shape index (κ3) is 6.06. The van der Waals surface area contributed by atoms with Crippen molar-refractivity contribution in [3.05, 3.63) is 82.4 Å². The number of nitriles is 1. The van der Waals surface area contributed by atoms with Gasteiger partial charge in [0.15, 0.2) is 5.78 Å². The number of ketones is 1. The molecule has 36 heavy (non-hydrogen) atoms. The van der Waals surface area contributed by atoms with E-state index in [0.29, 0.717) is 47.4 Å². The Hall–Kier alpha value is -3.79. The Morgan fingerprint density at radius 3 is 2.42 bits per heavy atom. The van der Waals surface area contributed by atoms with Crippen molar-refractivity contribution in [1.82, 2.24) is 19.7 Å². The molecule has 0 spiro atoms. The summed E-state index contributed by atoms with van der Waals surface area (Å²) in [4.78, 5) is 32.3. The van der Waals surface area contributed by atoms with E-state index in [4.69, 9.17) is 5.26 Å². The number of Topliss-reactive ketones (excluding diaryl/α,β-unsaturated/α-hetero) is 1. The molecule has 0 bridgehead atoms. The first kappa shape index (κ1) is 25.3. The molecule has 1 aromatic carbocycles. The number of aromatic nitrogens is 3. The van der Waals surface area contributed by atoms with Crippen LogP contribution in [0.2, 0.25) is 0 Å². The molecular formula is C29H33N5O2. The van der Waals surface area contributed by atoms with Crippen molar-refractivity contribution in [2.75, 3.05) is 13.1 Å². The SMILES string of the molecule is CC(C)CCc1ccc(C(=O)Cc2cc(C(=O)N3CCC(c4ccc(C#N)cc4)CC3)n(C)n2)cn1. The number of nitrogens with zero attached hydrogens (tertiary/aromatic N) is 5. The molecule has 0 N–H and O–H groups in total. The molecule has 0 aliphatic carbocycles. The van der Waals surface area contributed by atoms with Crippen LogP contribution in [0.1, 0.15) is 82.4 Å². The summed E-state index contributed by atoms with van der Waals surface area (Å²) in [6, 6.07) is 15.4. The van der Waals surface area contributed by atoms with E-state index in [2.05, 4.69) is 30.0 Å². The van der Waals surface area contributed by atoms with E-state index < -0.39 is 0 Å². The van der Waals surface area contributed by atoms with E-state index in [1.54, 1.807) is 24.0 Å². The maximum Gasteiger partial charge on any atom is 0.272 e. The number of pyridine rings is 1. The highest BCUT2D eigenvalue weighted by atomic mass is 16.2. The van der Waals surface area contributed by atoms with E-state index >= 15 is 0 Å². The maximum atomic E-state index is 13.2. The van der Waals surface area contributed by atoms with Crippen molar-refractivity contribution in [3.8, 4) is 6.07 Å². The number of hydrogen-bond donors (Lipinski definition) is 0. The van der Waals surface area contributed by atoms with Gasteiger partial charge in [-0.1, -0.05) is 26.0 Å². The first-order valence-corrected chi connectivity index (χ1v) is 12.6. The average Bonchev–Trinajstić information content (AvgIpc) is 3.27. The largest absolute Gasteiger partial charge is 0.337 e. The lowest BCUT2D eigenvalue weighted by Crippen LogP contribution is -2.38. The van der Waals surface area contributed by atoms with Gasteiger partial charge in [0.05, 0.1) is 23.7 Å². The molecule has 7 heteroatoms. The molecule has 0 saturated carbocycles. The second-order valence-corrected chi connectivity index (χ2v) is 10.0.